The van der Waals surface area contributed by atoms with Gasteiger partial charge in [0.15, 0.2) is 0 Å². The highest BCUT2D eigenvalue weighted by Gasteiger charge is 1.96. The SMILES string of the molecule is Clc1ccc(NCCc2nccs2)nc1. The third kappa shape index (κ3) is 3.18. The average Bonchev–Trinajstić information content (AvgIpc) is 2.74. The van der Waals surface area contributed by atoms with Gasteiger partial charge in [0.05, 0.1) is 10.0 Å². The molecule has 0 fully saturated rings. The molecule has 2 rings (SSSR count). The van der Waals surface area contributed by atoms with E-state index in [1.54, 1.807) is 17.5 Å². The number of aromatic nitrogens is 2. The molecule has 3 nitrogen and oxygen atoms in total. The lowest BCUT2D eigenvalue weighted by Crippen LogP contribution is -2.05. The first-order valence-electron chi connectivity index (χ1n) is 4.58. The fraction of sp³-hybridized carbons (Fsp3) is 0.200. The minimum atomic E-state index is 0.653. The maximum absolute atomic E-state index is 5.73. The third-order valence-corrected chi connectivity index (χ3v) is 2.92. The number of hydrogen-bond donors (Lipinski definition) is 1. The Bertz CT molecular complexity index is 399. The van der Waals surface area contributed by atoms with Crippen LogP contribution in [0.4, 0.5) is 5.82 Å². The van der Waals surface area contributed by atoms with E-state index in [4.69, 9.17) is 11.6 Å². The maximum Gasteiger partial charge on any atom is 0.125 e. The van der Waals surface area contributed by atoms with E-state index in [9.17, 15) is 0 Å². The first-order valence-corrected chi connectivity index (χ1v) is 5.84. The number of anilines is 1. The summed E-state index contributed by atoms with van der Waals surface area (Å²) in [5, 5.41) is 6.98. The normalized spacial score (nSPS) is 10.2. The summed E-state index contributed by atoms with van der Waals surface area (Å²) in [5.74, 6) is 0.843. The zero-order chi connectivity index (χ0) is 10.5. The molecule has 0 saturated carbocycles. The lowest BCUT2D eigenvalue weighted by atomic mass is 10.4. The standard InChI is InChI=1S/C10H10ClN3S/c11-8-1-2-9(14-7-8)12-4-3-10-13-5-6-15-10/h1-2,5-7H,3-4H2,(H,12,14). The summed E-state index contributed by atoms with van der Waals surface area (Å²) >= 11 is 7.40. The van der Waals surface area contributed by atoms with Crippen LogP contribution < -0.4 is 5.32 Å². The Balaban J connectivity index is 1.81. The van der Waals surface area contributed by atoms with Crippen LogP contribution in [0.5, 0.6) is 0 Å². The highest BCUT2D eigenvalue weighted by Crippen LogP contribution is 2.10. The second-order valence-corrected chi connectivity index (χ2v) is 4.38. The van der Waals surface area contributed by atoms with Crippen LogP contribution in [0.15, 0.2) is 29.9 Å². The maximum atomic E-state index is 5.73. The quantitative estimate of drug-likeness (QED) is 0.892. The van der Waals surface area contributed by atoms with Crippen LogP contribution in [0.25, 0.3) is 0 Å². The van der Waals surface area contributed by atoms with E-state index in [1.807, 2.05) is 23.7 Å². The van der Waals surface area contributed by atoms with Gasteiger partial charge in [-0.1, -0.05) is 11.6 Å². The Labute approximate surface area is 97.2 Å². The fourth-order valence-corrected chi connectivity index (χ4v) is 1.89. The van der Waals surface area contributed by atoms with Crippen LogP contribution in [0.2, 0.25) is 5.02 Å². The van der Waals surface area contributed by atoms with Crippen molar-refractivity contribution in [2.24, 2.45) is 0 Å². The van der Waals surface area contributed by atoms with Crippen LogP contribution in [-0.2, 0) is 6.42 Å². The molecule has 5 heteroatoms. The van der Waals surface area contributed by atoms with Gasteiger partial charge in [-0.25, -0.2) is 9.97 Å². The lowest BCUT2D eigenvalue weighted by molar-refractivity contribution is 0.987. The van der Waals surface area contributed by atoms with Crippen molar-refractivity contribution >= 4 is 28.8 Å². The van der Waals surface area contributed by atoms with Gasteiger partial charge in [0, 0.05) is 30.7 Å². The van der Waals surface area contributed by atoms with Gasteiger partial charge in [-0.2, -0.15) is 0 Å². The first kappa shape index (κ1) is 10.4. The van der Waals surface area contributed by atoms with Crippen LogP contribution >= 0.6 is 22.9 Å². The molecule has 0 bridgehead atoms. The van der Waals surface area contributed by atoms with Gasteiger partial charge in [-0.15, -0.1) is 11.3 Å². The lowest BCUT2D eigenvalue weighted by Gasteiger charge is -2.03. The number of hydrogen-bond acceptors (Lipinski definition) is 4. The van der Waals surface area contributed by atoms with Crippen molar-refractivity contribution in [2.45, 2.75) is 6.42 Å². The zero-order valence-corrected chi connectivity index (χ0v) is 9.55. The number of nitrogens with one attached hydrogen (secondary N) is 1. The predicted molar refractivity (Wildman–Crippen MR) is 63.6 cm³/mol. The number of thiazole rings is 1. The molecule has 0 aliphatic carbocycles. The molecule has 2 aromatic rings. The Hall–Kier alpha value is -1.13. The molecule has 15 heavy (non-hydrogen) atoms. The highest BCUT2D eigenvalue weighted by molar-refractivity contribution is 7.09. The smallest absolute Gasteiger partial charge is 0.125 e. The Morgan fingerprint density at radius 1 is 1.33 bits per heavy atom. The molecule has 0 unspecified atom stereocenters. The van der Waals surface area contributed by atoms with E-state index >= 15 is 0 Å². The Morgan fingerprint density at radius 2 is 2.27 bits per heavy atom. The summed E-state index contributed by atoms with van der Waals surface area (Å²) < 4.78 is 0. The largest absolute Gasteiger partial charge is 0.370 e. The summed E-state index contributed by atoms with van der Waals surface area (Å²) in [6.45, 7) is 0.835. The molecular weight excluding hydrogens is 230 g/mol. The van der Waals surface area contributed by atoms with Crippen LogP contribution in [-0.4, -0.2) is 16.5 Å². The summed E-state index contributed by atoms with van der Waals surface area (Å²) in [4.78, 5) is 8.34. The Kier molecular flexibility index (Phi) is 3.53. The zero-order valence-electron chi connectivity index (χ0n) is 7.98. The van der Waals surface area contributed by atoms with Crippen molar-refractivity contribution < 1.29 is 0 Å². The van der Waals surface area contributed by atoms with Crippen molar-refractivity contribution in [3.63, 3.8) is 0 Å². The van der Waals surface area contributed by atoms with E-state index in [2.05, 4.69) is 15.3 Å². The number of halogens is 1. The molecule has 0 saturated heterocycles. The number of nitrogens with zero attached hydrogens (tertiary/aromatic N) is 2. The summed E-state index contributed by atoms with van der Waals surface area (Å²) in [6, 6.07) is 3.68. The van der Waals surface area contributed by atoms with Crippen molar-refractivity contribution in [2.75, 3.05) is 11.9 Å². The van der Waals surface area contributed by atoms with Crippen molar-refractivity contribution in [1.29, 1.82) is 0 Å². The summed E-state index contributed by atoms with van der Waals surface area (Å²) in [7, 11) is 0. The van der Waals surface area contributed by atoms with Crippen LogP contribution in [0, 0.1) is 0 Å². The molecule has 1 N–H and O–H groups in total. The molecule has 0 spiro atoms. The monoisotopic (exact) mass is 239 g/mol. The molecule has 78 valence electrons. The van der Waals surface area contributed by atoms with E-state index in [0.717, 1.165) is 23.8 Å². The average molecular weight is 240 g/mol. The molecular formula is C10H10ClN3S. The van der Waals surface area contributed by atoms with Gasteiger partial charge in [-0.05, 0) is 12.1 Å². The summed E-state index contributed by atoms with van der Waals surface area (Å²) in [6.07, 6.45) is 4.37. The van der Waals surface area contributed by atoms with Crippen molar-refractivity contribution in [1.82, 2.24) is 9.97 Å². The third-order valence-electron chi connectivity index (χ3n) is 1.86. The minimum absolute atomic E-state index is 0.653. The number of rotatable bonds is 4. The second kappa shape index (κ2) is 5.09. The molecule has 2 heterocycles. The number of pyridine rings is 1. The van der Waals surface area contributed by atoms with Crippen LogP contribution in [0.3, 0.4) is 0 Å². The van der Waals surface area contributed by atoms with Gasteiger partial charge in [0.1, 0.15) is 5.82 Å². The molecule has 0 aromatic carbocycles. The topological polar surface area (TPSA) is 37.8 Å². The molecule has 0 atom stereocenters. The van der Waals surface area contributed by atoms with Gasteiger partial charge in [0.2, 0.25) is 0 Å². The predicted octanol–water partition coefficient (Wildman–Crippen LogP) is 2.85. The highest BCUT2D eigenvalue weighted by atomic mass is 35.5. The van der Waals surface area contributed by atoms with E-state index in [1.165, 1.54) is 0 Å². The van der Waals surface area contributed by atoms with Gasteiger partial charge >= 0.3 is 0 Å². The molecule has 0 amide bonds. The van der Waals surface area contributed by atoms with E-state index in [-0.39, 0.29) is 0 Å². The minimum Gasteiger partial charge on any atom is -0.370 e. The van der Waals surface area contributed by atoms with Gasteiger partial charge in [-0.3, -0.25) is 0 Å². The second-order valence-electron chi connectivity index (χ2n) is 2.96. The molecule has 0 radical (unpaired) electrons. The van der Waals surface area contributed by atoms with Gasteiger partial charge in [0.25, 0.3) is 0 Å². The summed E-state index contributed by atoms with van der Waals surface area (Å²) in [5.41, 5.74) is 0. The first-order chi connectivity index (χ1) is 7.34. The van der Waals surface area contributed by atoms with Crippen LogP contribution in [0.1, 0.15) is 5.01 Å². The fourth-order valence-electron chi connectivity index (χ4n) is 1.15. The van der Waals surface area contributed by atoms with Crippen molar-refractivity contribution in [3.05, 3.63) is 39.9 Å². The van der Waals surface area contributed by atoms with E-state index < -0.39 is 0 Å². The van der Waals surface area contributed by atoms with Crippen molar-refractivity contribution in [3.8, 4) is 0 Å². The molecule has 0 aliphatic rings. The van der Waals surface area contributed by atoms with E-state index in [0.29, 0.717) is 5.02 Å². The molecule has 2 aromatic heterocycles. The molecule has 0 aliphatic heterocycles. The van der Waals surface area contributed by atoms with Gasteiger partial charge < -0.3 is 5.32 Å². The Morgan fingerprint density at radius 3 is 2.93 bits per heavy atom.